The Hall–Kier alpha value is -4.46. The van der Waals surface area contributed by atoms with E-state index in [1.54, 1.807) is 0 Å². The van der Waals surface area contributed by atoms with Gasteiger partial charge in [0.15, 0.2) is 0 Å². The molecule has 4 aromatic rings. The molecule has 1 heteroatoms. The third kappa shape index (κ3) is 9.99. The van der Waals surface area contributed by atoms with Crippen LogP contribution < -0.4 is 5.32 Å². The summed E-state index contributed by atoms with van der Waals surface area (Å²) in [6.45, 7) is 29.2. The van der Waals surface area contributed by atoms with E-state index in [1.807, 2.05) is 41.5 Å². The van der Waals surface area contributed by atoms with Crippen LogP contribution in [0.4, 0.5) is 0 Å². The zero-order valence-corrected chi connectivity index (χ0v) is 36.0. The van der Waals surface area contributed by atoms with Gasteiger partial charge in [0, 0.05) is 12.0 Å². The normalized spacial score (nSPS) is 15.2. The van der Waals surface area contributed by atoms with Crippen LogP contribution in [0.15, 0.2) is 109 Å². The smallest absolute Gasteiger partial charge is 0.0425 e. The molecular formula is C53H69N. The highest BCUT2D eigenvalue weighted by atomic mass is 14.8. The van der Waals surface area contributed by atoms with E-state index in [9.17, 15) is 0 Å². The maximum atomic E-state index is 3.67. The van der Waals surface area contributed by atoms with Crippen molar-refractivity contribution in [3.05, 3.63) is 181 Å². The maximum Gasteiger partial charge on any atom is 0.0425 e. The largest absolute Gasteiger partial charge is 0.313 e. The van der Waals surface area contributed by atoms with E-state index >= 15 is 0 Å². The van der Waals surface area contributed by atoms with Crippen molar-refractivity contribution in [1.29, 1.82) is 0 Å². The molecule has 2 aliphatic rings. The van der Waals surface area contributed by atoms with Crippen molar-refractivity contribution in [3.8, 4) is 0 Å². The van der Waals surface area contributed by atoms with Crippen LogP contribution in [0.25, 0.3) is 17.7 Å². The standard InChI is InChI=1S/C47H51N.3C2H6/c1-8-11-36(7)40(12-9-2)46-43-13-10-25-48-26-23-42(43)45-31-47(38-18-14-32(3)15-19-38,39-20-16-33(4)17-21-39)24-22-41(45)44(46)30-37-28-34(5)27-35(6)29-37;3*1-2/h8-22,24,27-29,48H,23,25-26,30-31H2,1-7H3;3*1-2H3/b11-8-,12-9-,13-10-,40-36+;;;. The molecule has 1 N–H and O–H groups in total. The van der Waals surface area contributed by atoms with Crippen LogP contribution in [0.3, 0.4) is 0 Å². The Bertz CT molecular complexity index is 1890. The molecule has 0 fully saturated rings. The second-order valence-corrected chi connectivity index (χ2v) is 14.0. The van der Waals surface area contributed by atoms with Gasteiger partial charge in [0.25, 0.3) is 0 Å². The number of fused-ring (bicyclic) bond motifs is 3. The van der Waals surface area contributed by atoms with Gasteiger partial charge in [-0.3, -0.25) is 0 Å². The average molecular weight is 720 g/mol. The summed E-state index contributed by atoms with van der Waals surface area (Å²) >= 11 is 0. The van der Waals surface area contributed by atoms with Crippen LogP contribution in [0, 0.1) is 27.7 Å². The molecule has 54 heavy (non-hydrogen) atoms. The van der Waals surface area contributed by atoms with E-state index in [4.69, 9.17) is 0 Å². The monoisotopic (exact) mass is 720 g/mol. The Morgan fingerprint density at radius 1 is 0.667 bits per heavy atom. The fourth-order valence-electron chi connectivity index (χ4n) is 8.02. The maximum absolute atomic E-state index is 3.67. The molecule has 0 saturated heterocycles. The van der Waals surface area contributed by atoms with Gasteiger partial charge in [0.2, 0.25) is 0 Å². The van der Waals surface area contributed by atoms with Gasteiger partial charge in [-0.1, -0.05) is 179 Å². The molecular weight excluding hydrogens is 651 g/mol. The molecule has 4 aromatic carbocycles. The Balaban J connectivity index is 0.00000124. The van der Waals surface area contributed by atoms with Gasteiger partial charge < -0.3 is 5.32 Å². The van der Waals surface area contributed by atoms with Crippen LogP contribution in [0.1, 0.15) is 135 Å². The van der Waals surface area contributed by atoms with Crippen LogP contribution in [0.5, 0.6) is 0 Å². The molecule has 0 spiro atoms. The molecule has 0 aromatic heterocycles. The van der Waals surface area contributed by atoms with Gasteiger partial charge >= 0.3 is 0 Å². The minimum atomic E-state index is -0.261. The molecule has 0 saturated carbocycles. The summed E-state index contributed by atoms with van der Waals surface area (Å²) in [6.07, 6.45) is 21.6. The fraction of sp³-hybridized carbons (Fsp3) is 0.358. The van der Waals surface area contributed by atoms with Crippen LogP contribution in [-0.2, 0) is 24.7 Å². The van der Waals surface area contributed by atoms with Crippen molar-refractivity contribution in [2.24, 2.45) is 0 Å². The number of nitrogens with one attached hydrogen (secondary N) is 1. The number of aryl methyl sites for hydroxylation is 4. The minimum Gasteiger partial charge on any atom is -0.313 e. The van der Waals surface area contributed by atoms with E-state index in [-0.39, 0.29) is 5.41 Å². The lowest BCUT2D eigenvalue weighted by atomic mass is 9.64. The SMILES string of the molecule is CC.CC.CC.C\C=C/C(C)=C(\C=C/C)c1c2c(c3c(c1Cc1cc(C)cc(C)c1)C=CC(c1ccc(C)cc1)(c1ccc(C)cc1)C3)CCNC/C=C\2. The van der Waals surface area contributed by atoms with Gasteiger partial charge in [-0.2, -0.15) is 0 Å². The highest BCUT2D eigenvalue weighted by Gasteiger charge is 2.38. The molecule has 0 radical (unpaired) electrons. The summed E-state index contributed by atoms with van der Waals surface area (Å²) in [5, 5.41) is 3.67. The van der Waals surface area contributed by atoms with Gasteiger partial charge in [0.1, 0.15) is 0 Å². The predicted octanol–water partition coefficient (Wildman–Crippen LogP) is 14.2. The molecule has 286 valence electrons. The Labute approximate surface area is 330 Å². The van der Waals surface area contributed by atoms with E-state index in [2.05, 4.69) is 169 Å². The second kappa shape index (κ2) is 21.4. The van der Waals surface area contributed by atoms with Gasteiger partial charge in [-0.05, 0) is 135 Å². The number of benzene rings is 4. The van der Waals surface area contributed by atoms with E-state index in [0.717, 1.165) is 32.4 Å². The van der Waals surface area contributed by atoms with Gasteiger partial charge in [0.05, 0.1) is 0 Å². The van der Waals surface area contributed by atoms with Crippen molar-refractivity contribution in [1.82, 2.24) is 5.32 Å². The molecule has 1 aliphatic carbocycles. The first-order chi connectivity index (χ1) is 26.2. The fourth-order valence-corrected chi connectivity index (χ4v) is 8.02. The molecule has 1 aliphatic heterocycles. The summed E-state index contributed by atoms with van der Waals surface area (Å²) < 4.78 is 0. The third-order valence-electron chi connectivity index (χ3n) is 10.2. The lowest BCUT2D eigenvalue weighted by Crippen LogP contribution is -2.32. The van der Waals surface area contributed by atoms with Crippen molar-refractivity contribution in [2.75, 3.05) is 13.1 Å². The Morgan fingerprint density at radius 2 is 1.22 bits per heavy atom. The number of rotatable bonds is 7. The molecule has 6 rings (SSSR count). The summed E-state index contributed by atoms with van der Waals surface area (Å²) in [6, 6.07) is 25.6. The van der Waals surface area contributed by atoms with Crippen molar-refractivity contribution in [2.45, 2.75) is 115 Å². The third-order valence-corrected chi connectivity index (χ3v) is 10.2. The van der Waals surface area contributed by atoms with Crippen molar-refractivity contribution < 1.29 is 0 Å². The van der Waals surface area contributed by atoms with Crippen LogP contribution in [0.2, 0.25) is 0 Å². The number of hydrogen-bond donors (Lipinski definition) is 1. The summed E-state index contributed by atoms with van der Waals surface area (Å²) in [4.78, 5) is 0. The summed E-state index contributed by atoms with van der Waals surface area (Å²) in [5.41, 5.74) is 20.2. The van der Waals surface area contributed by atoms with Gasteiger partial charge in [-0.15, -0.1) is 0 Å². The second-order valence-electron chi connectivity index (χ2n) is 14.0. The highest BCUT2D eigenvalue weighted by Crippen LogP contribution is 2.47. The quantitative estimate of drug-likeness (QED) is 0.188. The van der Waals surface area contributed by atoms with E-state index < -0.39 is 0 Å². The molecule has 0 amide bonds. The first-order valence-electron chi connectivity index (χ1n) is 20.7. The minimum absolute atomic E-state index is 0.261. The van der Waals surface area contributed by atoms with Gasteiger partial charge in [-0.25, -0.2) is 0 Å². The van der Waals surface area contributed by atoms with Crippen molar-refractivity contribution in [3.63, 3.8) is 0 Å². The molecule has 0 atom stereocenters. The summed E-state index contributed by atoms with van der Waals surface area (Å²) in [7, 11) is 0. The van der Waals surface area contributed by atoms with E-state index in [1.165, 1.54) is 83.5 Å². The molecule has 1 heterocycles. The molecule has 0 unspecified atom stereocenters. The number of hydrogen-bond acceptors (Lipinski definition) is 1. The Kier molecular flexibility index (Phi) is 17.4. The highest BCUT2D eigenvalue weighted by molar-refractivity contribution is 5.90. The zero-order chi connectivity index (χ0) is 39.8. The number of allylic oxidation sites excluding steroid dienone is 7. The van der Waals surface area contributed by atoms with Crippen LogP contribution >= 0.6 is 0 Å². The lowest BCUT2D eigenvalue weighted by Gasteiger charge is -2.39. The average Bonchev–Trinajstić information content (AvgIpc) is 3.17. The van der Waals surface area contributed by atoms with E-state index in [0.29, 0.717) is 0 Å². The first kappa shape index (κ1) is 43.9. The topological polar surface area (TPSA) is 12.0 Å². The molecule has 0 bridgehead atoms. The Morgan fingerprint density at radius 3 is 1.76 bits per heavy atom. The summed E-state index contributed by atoms with van der Waals surface area (Å²) in [5.74, 6) is 0. The molecule has 1 nitrogen and oxygen atoms in total. The van der Waals surface area contributed by atoms with Crippen LogP contribution in [-0.4, -0.2) is 13.1 Å². The predicted molar refractivity (Wildman–Crippen MR) is 243 cm³/mol. The van der Waals surface area contributed by atoms with Crippen molar-refractivity contribution >= 4 is 17.7 Å². The first-order valence-corrected chi connectivity index (χ1v) is 20.7. The zero-order valence-electron chi connectivity index (χ0n) is 36.0. The lowest BCUT2D eigenvalue weighted by molar-refractivity contribution is 0.623.